The van der Waals surface area contributed by atoms with Crippen LogP contribution in [0.3, 0.4) is 0 Å². The molecule has 0 spiro atoms. The molecule has 0 amide bonds. The molecule has 0 bridgehead atoms. The molecule has 5 nitrogen and oxygen atoms in total. The van der Waals surface area contributed by atoms with E-state index in [-0.39, 0.29) is 0 Å². The summed E-state index contributed by atoms with van der Waals surface area (Å²) >= 11 is 0. The first-order chi connectivity index (χ1) is 7.33. The lowest BCUT2D eigenvalue weighted by atomic mass is 10.2. The van der Waals surface area contributed by atoms with E-state index in [4.69, 9.17) is 4.74 Å². The number of methoxy groups -OCH3 is 1. The van der Waals surface area contributed by atoms with Crippen molar-refractivity contribution in [1.82, 2.24) is 20.1 Å². The van der Waals surface area contributed by atoms with Crippen LogP contribution in [-0.4, -0.2) is 35.0 Å². The van der Waals surface area contributed by atoms with Crippen LogP contribution in [0.5, 0.6) is 0 Å². The Labute approximate surface area is 89.8 Å². The summed E-state index contributed by atoms with van der Waals surface area (Å²) in [6.45, 7) is 4.90. The Bertz CT molecular complexity index is 323. The van der Waals surface area contributed by atoms with Crippen LogP contribution in [0.25, 0.3) is 0 Å². The molecule has 1 N–H and O–H groups in total. The second kappa shape index (κ2) is 4.72. The Morgan fingerprint density at radius 2 is 2.40 bits per heavy atom. The highest BCUT2D eigenvalue weighted by molar-refractivity contribution is 5.03. The largest absolute Gasteiger partial charge is 0.385 e. The number of fused-ring (bicyclic) bond motifs is 1. The Kier molecular flexibility index (Phi) is 3.33. The summed E-state index contributed by atoms with van der Waals surface area (Å²) in [4.78, 5) is 0. The van der Waals surface area contributed by atoms with Gasteiger partial charge in [0.1, 0.15) is 11.6 Å². The van der Waals surface area contributed by atoms with E-state index in [1.54, 1.807) is 7.11 Å². The molecule has 15 heavy (non-hydrogen) atoms. The van der Waals surface area contributed by atoms with Gasteiger partial charge in [-0.1, -0.05) is 0 Å². The SMILES string of the molecule is COCCCc1nnc2n1CCNC2C. The molecule has 1 atom stereocenters. The molecule has 1 unspecified atom stereocenters. The minimum Gasteiger partial charge on any atom is -0.385 e. The normalized spacial score (nSPS) is 20.3. The number of hydrogen-bond donors (Lipinski definition) is 1. The lowest BCUT2D eigenvalue weighted by Gasteiger charge is -2.21. The van der Waals surface area contributed by atoms with Crippen LogP contribution in [0.1, 0.15) is 31.0 Å². The highest BCUT2D eigenvalue weighted by Crippen LogP contribution is 2.16. The third-order valence-electron chi connectivity index (χ3n) is 2.78. The predicted octanol–water partition coefficient (Wildman–Crippen LogP) is 0.521. The smallest absolute Gasteiger partial charge is 0.149 e. The molecule has 0 radical (unpaired) electrons. The monoisotopic (exact) mass is 210 g/mol. The molecule has 0 fully saturated rings. The molecule has 2 heterocycles. The molecular weight excluding hydrogens is 192 g/mol. The van der Waals surface area contributed by atoms with E-state index in [0.717, 1.165) is 44.2 Å². The van der Waals surface area contributed by atoms with Crippen LogP contribution in [0.15, 0.2) is 0 Å². The van der Waals surface area contributed by atoms with Crippen molar-refractivity contribution in [3.8, 4) is 0 Å². The van der Waals surface area contributed by atoms with Crippen LogP contribution in [-0.2, 0) is 17.7 Å². The van der Waals surface area contributed by atoms with E-state index in [2.05, 4.69) is 27.0 Å². The highest BCUT2D eigenvalue weighted by Gasteiger charge is 2.20. The van der Waals surface area contributed by atoms with Crippen molar-refractivity contribution >= 4 is 0 Å². The third kappa shape index (κ3) is 2.18. The maximum absolute atomic E-state index is 5.04. The minimum atomic E-state index is 0.322. The summed E-state index contributed by atoms with van der Waals surface area (Å²) in [5, 5.41) is 11.8. The Morgan fingerprint density at radius 1 is 1.53 bits per heavy atom. The van der Waals surface area contributed by atoms with E-state index in [0.29, 0.717) is 6.04 Å². The molecule has 5 heteroatoms. The van der Waals surface area contributed by atoms with Gasteiger partial charge < -0.3 is 14.6 Å². The van der Waals surface area contributed by atoms with E-state index < -0.39 is 0 Å². The molecule has 1 aromatic rings. The standard InChI is InChI=1S/C10H18N4O/c1-8-10-13-12-9(4-3-7-15-2)14(10)6-5-11-8/h8,11H,3-7H2,1-2H3. The lowest BCUT2D eigenvalue weighted by molar-refractivity contribution is 0.194. The number of hydrogen-bond acceptors (Lipinski definition) is 4. The minimum absolute atomic E-state index is 0.322. The molecule has 0 aromatic carbocycles. The molecule has 0 aliphatic carbocycles. The van der Waals surface area contributed by atoms with Crippen molar-refractivity contribution in [2.75, 3.05) is 20.3 Å². The van der Waals surface area contributed by atoms with Crippen molar-refractivity contribution in [3.63, 3.8) is 0 Å². The molecule has 1 aliphatic rings. The predicted molar refractivity (Wildman–Crippen MR) is 56.6 cm³/mol. The van der Waals surface area contributed by atoms with Crippen LogP contribution in [0.4, 0.5) is 0 Å². The number of ether oxygens (including phenoxy) is 1. The first-order valence-electron chi connectivity index (χ1n) is 5.47. The van der Waals surface area contributed by atoms with E-state index in [9.17, 15) is 0 Å². The Hall–Kier alpha value is -0.940. The molecule has 84 valence electrons. The zero-order valence-corrected chi connectivity index (χ0v) is 9.36. The summed E-state index contributed by atoms with van der Waals surface area (Å²) in [6.07, 6.45) is 1.96. The topological polar surface area (TPSA) is 52.0 Å². The highest BCUT2D eigenvalue weighted by atomic mass is 16.5. The summed E-state index contributed by atoms with van der Waals surface area (Å²) in [6, 6.07) is 0.322. The number of nitrogens with one attached hydrogen (secondary N) is 1. The fourth-order valence-electron chi connectivity index (χ4n) is 1.96. The third-order valence-corrected chi connectivity index (χ3v) is 2.78. The van der Waals surface area contributed by atoms with Gasteiger partial charge in [0.2, 0.25) is 0 Å². The van der Waals surface area contributed by atoms with Gasteiger partial charge in [0, 0.05) is 33.2 Å². The lowest BCUT2D eigenvalue weighted by Crippen LogP contribution is -2.32. The van der Waals surface area contributed by atoms with E-state index >= 15 is 0 Å². The fraction of sp³-hybridized carbons (Fsp3) is 0.800. The summed E-state index contributed by atoms with van der Waals surface area (Å²) < 4.78 is 7.27. The summed E-state index contributed by atoms with van der Waals surface area (Å²) in [5.41, 5.74) is 0. The average Bonchev–Trinajstić information content (AvgIpc) is 2.64. The molecule has 2 rings (SSSR count). The van der Waals surface area contributed by atoms with Crippen molar-refractivity contribution in [1.29, 1.82) is 0 Å². The number of aryl methyl sites for hydroxylation is 1. The fourth-order valence-corrected chi connectivity index (χ4v) is 1.96. The molecule has 0 saturated heterocycles. The van der Waals surface area contributed by atoms with Gasteiger partial charge in [-0.3, -0.25) is 0 Å². The van der Waals surface area contributed by atoms with Crippen LogP contribution < -0.4 is 5.32 Å². The average molecular weight is 210 g/mol. The van der Waals surface area contributed by atoms with E-state index in [1.165, 1.54) is 0 Å². The number of nitrogens with zero attached hydrogens (tertiary/aromatic N) is 3. The van der Waals surface area contributed by atoms with Gasteiger partial charge in [0.05, 0.1) is 6.04 Å². The van der Waals surface area contributed by atoms with Crippen molar-refractivity contribution < 1.29 is 4.74 Å². The van der Waals surface area contributed by atoms with Gasteiger partial charge in [-0.25, -0.2) is 0 Å². The second-order valence-electron chi connectivity index (χ2n) is 3.90. The van der Waals surface area contributed by atoms with Crippen LogP contribution >= 0.6 is 0 Å². The quantitative estimate of drug-likeness (QED) is 0.736. The van der Waals surface area contributed by atoms with Gasteiger partial charge in [0.15, 0.2) is 0 Å². The van der Waals surface area contributed by atoms with Gasteiger partial charge in [-0.15, -0.1) is 10.2 Å². The number of aromatic nitrogens is 3. The van der Waals surface area contributed by atoms with Crippen molar-refractivity contribution in [3.05, 3.63) is 11.6 Å². The molecular formula is C10H18N4O. The Morgan fingerprint density at radius 3 is 3.20 bits per heavy atom. The van der Waals surface area contributed by atoms with Gasteiger partial charge in [-0.2, -0.15) is 0 Å². The van der Waals surface area contributed by atoms with Crippen molar-refractivity contribution in [2.45, 2.75) is 32.4 Å². The summed E-state index contributed by atoms with van der Waals surface area (Å²) in [7, 11) is 1.73. The second-order valence-corrected chi connectivity index (χ2v) is 3.90. The number of rotatable bonds is 4. The summed E-state index contributed by atoms with van der Waals surface area (Å²) in [5.74, 6) is 2.16. The maximum atomic E-state index is 5.04. The van der Waals surface area contributed by atoms with Gasteiger partial charge >= 0.3 is 0 Å². The van der Waals surface area contributed by atoms with Crippen LogP contribution in [0.2, 0.25) is 0 Å². The van der Waals surface area contributed by atoms with Crippen LogP contribution in [0, 0.1) is 0 Å². The van der Waals surface area contributed by atoms with Crippen molar-refractivity contribution in [2.24, 2.45) is 0 Å². The first kappa shape index (κ1) is 10.6. The first-order valence-corrected chi connectivity index (χ1v) is 5.47. The maximum Gasteiger partial charge on any atom is 0.149 e. The zero-order valence-electron chi connectivity index (χ0n) is 9.36. The van der Waals surface area contributed by atoms with E-state index in [1.807, 2.05) is 0 Å². The molecule has 0 saturated carbocycles. The Balaban J connectivity index is 2.06. The molecule has 1 aromatic heterocycles. The zero-order chi connectivity index (χ0) is 10.7. The van der Waals surface area contributed by atoms with Gasteiger partial charge in [0.25, 0.3) is 0 Å². The van der Waals surface area contributed by atoms with Gasteiger partial charge in [-0.05, 0) is 13.3 Å². The molecule has 1 aliphatic heterocycles.